The van der Waals surface area contributed by atoms with Gasteiger partial charge in [0.2, 0.25) is 10.0 Å². The zero-order chi connectivity index (χ0) is 17.9. The van der Waals surface area contributed by atoms with Gasteiger partial charge in [0.05, 0.1) is 25.7 Å². The van der Waals surface area contributed by atoms with Gasteiger partial charge < -0.3 is 13.9 Å². The van der Waals surface area contributed by atoms with E-state index in [0.29, 0.717) is 22.8 Å². The Balaban J connectivity index is 2.18. The minimum absolute atomic E-state index is 0.0777. The maximum atomic E-state index is 12.4. The van der Waals surface area contributed by atoms with Crippen LogP contribution in [-0.2, 0) is 21.3 Å². The molecule has 2 rings (SSSR count). The van der Waals surface area contributed by atoms with Gasteiger partial charge in [-0.25, -0.2) is 17.9 Å². The summed E-state index contributed by atoms with van der Waals surface area (Å²) in [5.41, 5.74) is 0.833. The van der Waals surface area contributed by atoms with Crippen LogP contribution in [0.15, 0.2) is 33.6 Å². The van der Waals surface area contributed by atoms with Gasteiger partial charge in [0.15, 0.2) is 0 Å². The maximum absolute atomic E-state index is 12.4. The SMILES string of the molecule is COC(=O)c1cc(CNS(=O)(=O)c2ccc(OC)cc2C)oc1C. The van der Waals surface area contributed by atoms with Crippen molar-refractivity contribution < 1.29 is 27.1 Å². The van der Waals surface area contributed by atoms with Gasteiger partial charge >= 0.3 is 5.97 Å². The minimum Gasteiger partial charge on any atom is -0.497 e. The summed E-state index contributed by atoms with van der Waals surface area (Å²) in [7, 11) is -0.945. The predicted octanol–water partition coefficient (Wildman–Crippen LogP) is 2.17. The van der Waals surface area contributed by atoms with E-state index in [4.69, 9.17) is 9.15 Å². The summed E-state index contributed by atoms with van der Waals surface area (Å²) >= 11 is 0. The molecule has 8 heteroatoms. The number of rotatable bonds is 6. The van der Waals surface area contributed by atoms with E-state index in [-0.39, 0.29) is 17.0 Å². The van der Waals surface area contributed by atoms with Crippen LogP contribution in [0, 0.1) is 13.8 Å². The Bertz CT molecular complexity index is 853. The first-order valence-electron chi connectivity index (χ1n) is 7.10. The monoisotopic (exact) mass is 353 g/mol. The number of ether oxygens (including phenoxy) is 2. The standard InChI is InChI=1S/C16H19NO6S/c1-10-7-12(21-3)5-6-15(10)24(19,20)17-9-13-8-14(11(2)23-13)16(18)22-4/h5-8,17H,9H2,1-4H3. The number of hydrogen-bond donors (Lipinski definition) is 1. The van der Waals surface area contributed by atoms with Crippen molar-refractivity contribution >= 4 is 16.0 Å². The van der Waals surface area contributed by atoms with Gasteiger partial charge in [-0.15, -0.1) is 0 Å². The fourth-order valence-electron chi connectivity index (χ4n) is 2.24. The number of sulfonamides is 1. The number of methoxy groups -OCH3 is 2. The number of hydrogen-bond acceptors (Lipinski definition) is 6. The van der Waals surface area contributed by atoms with Crippen LogP contribution < -0.4 is 9.46 Å². The fraction of sp³-hybridized carbons (Fsp3) is 0.312. The lowest BCUT2D eigenvalue weighted by Crippen LogP contribution is -2.23. The molecule has 1 N–H and O–H groups in total. The highest BCUT2D eigenvalue weighted by molar-refractivity contribution is 7.89. The zero-order valence-electron chi connectivity index (χ0n) is 13.9. The molecule has 2 aromatic rings. The molecular formula is C16H19NO6S. The van der Waals surface area contributed by atoms with Gasteiger partial charge in [0.1, 0.15) is 22.8 Å². The van der Waals surface area contributed by atoms with Crippen molar-refractivity contribution in [3.63, 3.8) is 0 Å². The van der Waals surface area contributed by atoms with E-state index in [1.54, 1.807) is 26.0 Å². The molecule has 0 radical (unpaired) electrons. The van der Waals surface area contributed by atoms with Crippen LogP contribution in [-0.4, -0.2) is 28.6 Å². The normalized spacial score (nSPS) is 11.3. The fourth-order valence-corrected chi connectivity index (χ4v) is 3.46. The van der Waals surface area contributed by atoms with Crippen LogP contribution in [0.4, 0.5) is 0 Å². The predicted molar refractivity (Wildman–Crippen MR) is 86.5 cm³/mol. The lowest BCUT2D eigenvalue weighted by molar-refractivity contribution is 0.0599. The number of esters is 1. The molecule has 0 saturated carbocycles. The molecule has 7 nitrogen and oxygen atoms in total. The highest BCUT2D eigenvalue weighted by Crippen LogP contribution is 2.21. The zero-order valence-corrected chi connectivity index (χ0v) is 14.7. The maximum Gasteiger partial charge on any atom is 0.341 e. The molecule has 0 saturated heterocycles. The molecule has 0 atom stereocenters. The molecular weight excluding hydrogens is 334 g/mol. The molecule has 130 valence electrons. The quantitative estimate of drug-likeness (QED) is 0.800. The van der Waals surface area contributed by atoms with E-state index in [0.717, 1.165) is 0 Å². The molecule has 0 amide bonds. The van der Waals surface area contributed by atoms with Gasteiger partial charge in [-0.05, 0) is 43.7 Å². The van der Waals surface area contributed by atoms with Crippen molar-refractivity contribution in [2.24, 2.45) is 0 Å². The second kappa shape index (κ2) is 7.06. The van der Waals surface area contributed by atoms with Gasteiger partial charge in [-0.3, -0.25) is 0 Å². The molecule has 0 bridgehead atoms. The highest BCUT2D eigenvalue weighted by Gasteiger charge is 2.20. The summed E-state index contributed by atoms with van der Waals surface area (Å²) in [6.07, 6.45) is 0. The van der Waals surface area contributed by atoms with Crippen molar-refractivity contribution in [2.45, 2.75) is 25.3 Å². The first-order chi connectivity index (χ1) is 11.3. The molecule has 0 aliphatic heterocycles. The Kier molecular flexibility index (Phi) is 5.30. The van der Waals surface area contributed by atoms with E-state index < -0.39 is 16.0 Å². The van der Waals surface area contributed by atoms with E-state index in [9.17, 15) is 13.2 Å². The van der Waals surface area contributed by atoms with Crippen LogP contribution in [0.3, 0.4) is 0 Å². The lowest BCUT2D eigenvalue weighted by atomic mass is 10.2. The van der Waals surface area contributed by atoms with Gasteiger partial charge in [-0.1, -0.05) is 0 Å². The van der Waals surface area contributed by atoms with Crippen LogP contribution in [0.5, 0.6) is 5.75 Å². The third-order valence-electron chi connectivity index (χ3n) is 3.48. The van der Waals surface area contributed by atoms with Crippen molar-refractivity contribution in [3.05, 3.63) is 46.9 Å². The smallest absolute Gasteiger partial charge is 0.341 e. The third-order valence-corrected chi connectivity index (χ3v) is 5.04. The third kappa shape index (κ3) is 3.77. The largest absolute Gasteiger partial charge is 0.497 e. The summed E-state index contributed by atoms with van der Waals surface area (Å²) < 4.78 is 42.4. The average molecular weight is 353 g/mol. The molecule has 1 aromatic heterocycles. The molecule has 1 aromatic carbocycles. The highest BCUT2D eigenvalue weighted by atomic mass is 32.2. The summed E-state index contributed by atoms with van der Waals surface area (Å²) in [4.78, 5) is 11.7. The Labute approximate surface area is 140 Å². The number of carbonyl (C=O) groups is 1. The van der Waals surface area contributed by atoms with Gasteiger partial charge in [0.25, 0.3) is 0 Å². The lowest BCUT2D eigenvalue weighted by Gasteiger charge is -2.09. The number of carbonyl (C=O) groups excluding carboxylic acids is 1. The number of furan rings is 1. The van der Waals surface area contributed by atoms with Crippen molar-refractivity contribution in [3.8, 4) is 5.75 Å². The Morgan fingerprint density at radius 1 is 1.21 bits per heavy atom. The van der Waals surface area contributed by atoms with E-state index in [2.05, 4.69) is 9.46 Å². The first-order valence-corrected chi connectivity index (χ1v) is 8.58. The molecule has 0 fully saturated rings. The van der Waals surface area contributed by atoms with E-state index >= 15 is 0 Å². The molecule has 0 aliphatic carbocycles. The molecule has 0 unspecified atom stereocenters. The first kappa shape index (κ1) is 18.0. The summed E-state index contributed by atoms with van der Waals surface area (Å²) in [5, 5.41) is 0. The number of nitrogens with one attached hydrogen (secondary N) is 1. The van der Waals surface area contributed by atoms with E-state index in [1.807, 2.05) is 0 Å². The van der Waals surface area contributed by atoms with Crippen molar-refractivity contribution in [1.29, 1.82) is 0 Å². The number of aryl methyl sites for hydroxylation is 2. The van der Waals surface area contributed by atoms with Gasteiger partial charge in [-0.2, -0.15) is 0 Å². The van der Waals surface area contributed by atoms with Crippen LogP contribution >= 0.6 is 0 Å². The van der Waals surface area contributed by atoms with Crippen LogP contribution in [0.25, 0.3) is 0 Å². The topological polar surface area (TPSA) is 94.8 Å². The Morgan fingerprint density at radius 2 is 1.92 bits per heavy atom. The Morgan fingerprint density at radius 3 is 2.50 bits per heavy atom. The van der Waals surface area contributed by atoms with Crippen molar-refractivity contribution in [2.75, 3.05) is 14.2 Å². The Hall–Kier alpha value is -2.32. The van der Waals surface area contributed by atoms with Crippen molar-refractivity contribution in [1.82, 2.24) is 4.72 Å². The summed E-state index contributed by atoms with van der Waals surface area (Å²) in [6, 6.07) is 6.16. The molecule has 0 aliphatic rings. The second-order valence-electron chi connectivity index (χ2n) is 5.13. The average Bonchev–Trinajstić information content (AvgIpc) is 2.93. The summed E-state index contributed by atoms with van der Waals surface area (Å²) in [6.45, 7) is 3.22. The molecule has 1 heterocycles. The number of benzene rings is 1. The second-order valence-corrected chi connectivity index (χ2v) is 6.87. The van der Waals surface area contributed by atoms with Crippen LogP contribution in [0.2, 0.25) is 0 Å². The van der Waals surface area contributed by atoms with Crippen LogP contribution in [0.1, 0.15) is 27.4 Å². The summed E-state index contributed by atoms with van der Waals surface area (Å²) in [5.74, 6) is 0.742. The molecule has 24 heavy (non-hydrogen) atoms. The molecule has 0 spiro atoms. The van der Waals surface area contributed by atoms with Gasteiger partial charge in [0, 0.05) is 0 Å². The van der Waals surface area contributed by atoms with E-state index in [1.165, 1.54) is 26.4 Å². The minimum atomic E-state index is -3.73.